The molecule has 126 valence electrons. The molecule has 0 fully saturated rings. The number of aromatic nitrogens is 2. The Balaban J connectivity index is 3.04. The predicted octanol–water partition coefficient (Wildman–Crippen LogP) is 0.179. The molecule has 0 aliphatic heterocycles. The number of nitrogens with two attached hydrogens (primary N) is 1. The molecule has 11 heteroatoms. The quantitative estimate of drug-likeness (QED) is 0.410. The number of imide groups is 1. The smallest absolute Gasteiger partial charge is 0.351 e. The van der Waals surface area contributed by atoms with Crippen molar-refractivity contribution in [3.05, 3.63) is 22.1 Å². The van der Waals surface area contributed by atoms with Gasteiger partial charge in [-0.25, -0.2) is 14.6 Å². The van der Waals surface area contributed by atoms with Gasteiger partial charge >= 0.3 is 17.8 Å². The van der Waals surface area contributed by atoms with Crippen LogP contribution in [0.25, 0.3) is 0 Å². The molecule has 1 rings (SSSR count). The largest absolute Gasteiger partial charge is 0.463 e. The van der Waals surface area contributed by atoms with Crippen LogP contribution in [0.1, 0.15) is 31.6 Å². The molecule has 0 radical (unpaired) electrons. The summed E-state index contributed by atoms with van der Waals surface area (Å²) >= 11 is 0. The number of ether oxygens (including phenoxy) is 1. The molecule has 0 aromatic carbocycles. The summed E-state index contributed by atoms with van der Waals surface area (Å²) in [7, 11) is 0. The van der Waals surface area contributed by atoms with Crippen LogP contribution in [-0.4, -0.2) is 39.0 Å². The van der Waals surface area contributed by atoms with Crippen molar-refractivity contribution in [2.75, 3.05) is 6.61 Å². The standard InChI is InChI=1S/C12H17N5O6/c1-3-23-11(19)8(4-5-9(18)15-12(13)20)16-7(2)14-6-10(16)17(21)22/h6,8H,3-5H2,1-2H3,(H3,13,15,18,20). The van der Waals surface area contributed by atoms with E-state index < -0.39 is 34.7 Å². The van der Waals surface area contributed by atoms with Crippen LogP contribution in [-0.2, 0) is 14.3 Å². The average Bonchev–Trinajstić information content (AvgIpc) is 2.81. The van der Waals surface area contributed by atoms with Gasteiger partial charge in [-0.1, -0.05) is 0 Å². The molecule has 0 bridgehead atoms. The second-order valence-corrected chi connectivity index (χ2v) is 4.51. The van der Waals surface area contributed by atoms with Gasteiger partial charge in [-0.05, 0) is 11.8 Å². The summed E-state index contributed by atoms with van der Waals surface area (Å²) < 4.78 is 5.99. The Hall–Kier alpha value is -2.98. The Morgan fingerprint density at radius 2 is 2.17 bits per heavy atom. The number of imidazole rings is 1. The Bertz CT molecular complexity index is 625. The zero-order valence-electron chi connectivity index (χ0n) is 12.6. The normalized spacial score (nSPS) is 11.6. The molecule has 23 heavy (non-hydrogen) atoms. The molecule has 1 atom stereocenters. The molecule has 3 N–H and O–H groups in total. The fraction of sp³-hybridized carbons (Fsp3) is 0.500. The van der Waals surface area contributed by atoms with E-state index in [1.54, 1.807) is 6.92 Å². The third kappa shape index (κ3) is 4.76. The minimum Gasteiger partial charge on any atom is -0.463 e. The Kier molecular flexibility index (Phi) is 6.18. The molecule has 0 aliphatic carbocycles. The summed E-state index contributed by atoms with van der Waals surface area (Å²) in [6.45, 7) is 3.15. The summed E-state index contributed by atoms with van der Waals surface area (Å²) in [5.74, 6) is -1.60. The molecule has 3 amide bonds. The van der Waals surface area contributed by atoms with E-state index in [0.29, 0.717) is 0 Å². The highest BCUT2D eigenvalue weighted by Gasteiger charge is 2.33. The van der Waals surface area contributed by atoms with Crippen LogP contribution in [0.15, 0.2) is 6.20 Å². The molecule has 0 spiro atoms. The number of esters is 1. The lowest BCUT2D eigenvalue weighted by Gasteiger charge is -2.15. The van der Waals surface area contributed by atoms with Gasteiger partial charge in [-0.3, -0.25) is 10.1 Å². The van der Waals surface area contributed by atoms with Crippen LogP contribution in [0.2, 0.25) is 0 Å². The van der Waals surface area contributed by atoms with Crippen LogP contribution >= 0.6 is 0 Å². The van der Waals surface area contributed by atoms with E-state index >= 15 is 0 Å². The van der Waals surface area contributed by atoms with Gasteiger partial charge in [0.2, 0.25) is 11.9 Å². The summed E-state index contributed by atoms with van der Waals surface area (Å²) in [5.41, 5.74) is 4.82. The number of rotatable bonds is 7. The minimum absolute atomic E-state index is 0.0738. The number of urea groups is 1. The van der Waals surface area contributed by atoms with E-state index in [1.807, 2.05) is 5.32 Å². The van der Waals surface area contributed by atoms with Crippen LogP contribution in [0.4, 0.5) is 10.6 Å². The van der Waals surface area contributed by atoms with E-state index in [1.165, 1.54) is 6.92 Å². The summed E-state index contributed by atoms with van der Waals surface area (Å²) in [6, 6.07) is -2.14. The number of nitrogens with zero attached hydrogens (tertiary/aromatic N) is 3. The van der Waals surface area contributed by atoms with Crippen molar-refractivity contribution in [1.29, 1.82) is 0 Å². The fourth-order valence-electron chi connectivity index (χ4n) is 2.02. The first-order valence-electron chi connectivity index (χ1n) is 6.72. The number of aryl methyl sites for hydroxylation is 1. The van der Waals surface area contributed by atoms with Gasteiger partial charge in [0.05, 0.1) is 6.61 Å². The maximum absolute atomic E-state index is 12.1. The summed E-state index contributed by atoms with van der Waals surface area (Å²) in [4.78, 5) is 48.4. The van der Waals surface area contributed by atoms with Gasteiger partial charge in [0.1, 0.15) is 6.20 Å². The topological polar surface area (TPSA) is 159 Å². The molecule has 0 saturated heterocycles. The molecule has 0 saturated carbocycles. The zero-order chi connectivity index (χ0) is 17.6. The van der Waals surface area contributed by atoms with Crippen molar-refractivity contribution in [3.8, 4) is 0 Å². The van der Waals surface area contributed by atoms with Crippen molar-refractivity contribution < 1.29 is 24.0 Å². The molecule has 11 nitrogen and oxygen atoms in total. The van der Waals surface area contributed by atoms with E-state index in [9.17, 15) is 24.5 Å². The number of primary amides is 1. The van der Waals surface area contributed by atoms with Crippen LogP contribution < -0.4 is 11.1 Å². The number of hydrogen-bond donors (Lipinski definition) is 2. The van der Waals surface area contributed by atoms with Gasteiger partial charge in [-0.2, -0.15) is 4.57 Å². The Labute approximate surface area is 130 Å². The highest BCUT2D eigenvalue weighted by atomic mass is 16.6. The number of carbonyl (C=O) groups excluding carboxylic acids is 3. The third-order valence-electron chi connectivity index (χ3n) is 2.93. The van der Waals surface area contributed by atoms with Crippen molar-refractivity contribution in [2.45, 2.75) is 32.7 Å². The van der Waals surface area contributed by atoms with Gasteiger partial charge in [-0.15, -0.1) is 0 Å². The van der Waals surface area contributed by atoms with Gasteiger partial charge in [0.15, 0.2) is 5.82 Å². The number of amides is 3. The first kappa shape index (κ1) is 18.1. The fourth-order valence-corrected chi connectivity index (χ4v) is 2.02. The SMILES string of the molecule is CCOC(=O)C(CCC(=O)NC(N)=O)n1c([N+](=O)[O-])cnc1C. The molecule has 1 unspecified atom stereocenters. The Morgan fingerprint density at radius 3 is 2.70 bits per heavy atom. The number of nitro groups is 1. The lowest BCUT2D eigenvalue weighted by molar-refractivity contribution is -0.392. The summed E-state index contributed by atoms with van der Waals surface area (Å²) in [6.07, 6.45) is 0.655. The zero-order valence-corrected chi connectivity index (χ0v) is 12.6. The third-order valence-corrected chi connectivity index (χ3v) is 2.93. The van der Waals surface area contributed by atoms with Crippen molar-refractivity contribution >= 4 is 23.7 Å². The Morgan fingerprint density at radius 1 is 1.52 bits per heavy atom. The molecule has 1 aromatic rings. The first-order valence-corrected chi connectivity index (χ1v) is 6.72. The average molecular weight is 327 g/mol. The molecule has 1 heterocycles. The monoisotopic (exact) mass is 327 g/mol. The van der Waals surface area contributed by atoms with E-state index in [4.69, 9.17) is 10.5 Å². The van der Waals surface area contributed by atoms with E-state index in [0.717, 1.165) is 10.8 Å². The van der Waals surface area contributed by atoms with Crippen LogP contribution in [0.5, 0.6) is 0 Å². The second-order valence-electron chi connectivity index (χ2n) is 4.51. The van der Waals surface area contributed by atoms with Crippen molar-refractivity contribution in [3.63, 3.8) is 0 Å². The minimum atomic E-state index is -1.11. The van der Waals surface area contributed by atoms with E-state index in [-0.39, 0.29) is 25.3 Å². The second kappa shape index (κ2) is 7.87. The van der Waals surface area contributed by atoms with Crippen LogP contribution in [0.3, 0.4) is 0 Å². The molecule has 0 aliphatic rings. The maximum atomic E-state index is 12.1. The lowest BCUT2D eigenvalue weighted by atomic mass is 10.1. The molecular formula is C12H17N5O6. The lowest BCUT2D eigenvalue weighted by Crippen LogP contribution is -2.35. The van der Waals surface area contributed by atoms with E-state index in [2.05, 4.69) is 4.98 Å². The molecular weight excluding hydrogens is 310 g/mol. The summed E-state index contributed by atoms with van der Waals surface area (Å²) in [5, 5.41) is 12.9. The van der Waals surface area contributed by atoms with Gasteiger partial charge < -0.3 is 20.6 Å². The number of hydrogen-bond acceptors (Lipinski definition) is 7. The highest BCUT2D eigenvalue weighted by molar-refractivity contribution is 5.93. The molecule has 1 aromatic heterocycles. The van der Waals surface area contributed by atoms with Crippen molar-refractivity contribution in [1.82, 2.24) is 14.9 Å². The first-order chi connectivity index (χ1) is 10.8. The van der Waals surface area contributed by atoms with Crippen molar-refractivity contribution in [2.24, 2.45) is 5.73 Å². The van der Waals surface area contributed by atoms with Gasteiger partial charge in [0, 0.05) is 19.8 Å². The number of nitrogens with one attached hydrogen (secondary N) is 1. The predicted molar refractivity (Wildman–Crippen MR) is 76.2 cm³/mol. The number of carbonyl (C=O) groups is 3. The van der Waals surface area contributed by atoms with Crippen LogP contribution in [0, 0.1) is 17.0 Å². The van der Waals surface area contributed by atoms with Gasteiger partial charge in [0.25, 0.3) is 0 Å². The highest BCUT2D eigenvalue weighted by Crippen LogP contribution is 2.25. The maximum Gasteiger partial charge on any atom is 0.351 e.